The van der Waals surface area contributed by atoms with Gasteiger partial charge in [0, 0.05) is 37.1 Å². The van der Waals surface area contributed by atoms with Crippen LogP contribution in [-0.2, 0) is 22.9 Å². The predicted octanol–water partition coefficient (Wildman–Crippen LogP) is 2.46. The van der Waals surface area contributed by atoms with Crippen LogP contribution in [0.2, 0.25) is 0 Å². The van der Waals surface area contributed by atoms with Gasteiger partial charge in [0.1, 0.15) is 30.2 Å². The summed E-state index contributed by atoms with van der Waals surface area (Å²) in [4.78, 5) is 14.0. The number of hydrogen-bond donors (Lipinski definition) is 0. The van der Waals surface area contributed by atoms with E-state index in [2.05, 4.69) is 14.9 Å². The van der Waals surface area contributed by atoms with E-state index in [1.165, 1.54) is 22.2 Å². The van der Waals surface area contributed by atoms with Gasteiger partial charge < -0.3 is 14.4 Å². The van der Waals surface area contributed by atoms with Crippen molar-refractivity contribution in [3.05, 3.63) is 35.0 Å². The Hall–Kier alpha value is -2.43. The minimum absolute atomic E-state index is 0.241. The highest BCUT2D eigenvalue weighted by Crippen LogP contribution is 2.40. The minimum atomic E-state index is -3.60. The number of aromatic nitrogens is 2. The lowest BCUT2D eigenvalue weighted by atomic mass is 10.1. The van der Waals surface area contributed by atoms with Gasteiger partial charge in [-0.1, -0.05) is 0 Å². The van der Waals surface area contributed by atoms with Crippen molar-refractivity contribution in [1.29, 1.82) is 0 Å². The van der Waals surface area contributed by atoms with Crippen LogP contribution in [0.5, 0.6) is 11.5 Å². The Morgan fingerprint density at radius 1 is 0.968 bits per heavy atom. The number of benzene rings is 1. The molecule has 0 spiro atoms. The summed E-state index contributed by atoms with van der Waals surface area (Å²) in [5.74, 6) is 2.02. The summed E-state index contributed by atoms with van der Waals surface area (Å²) < 4.78 is 39.1. The Morgan fingerprint density at radius 3 is 2.61 bits per heavy atom. The van der Waals surface area contributed by atoms with Crippen molar-refractivity contribution in [1.82, 2.24) is 14.3 Å². The van der Waals surface area contributed by atoms with Gasteiger partial charge in [-0.3, -0.25) is 0 Å². The van der Waals surface area contributed by atoms with Crippen molar-refractivity contribution in [2.45, 2.75) is 24.2 Å². The van der Waals surface area contributed by atoms with E-state index in [9.17, 15) is 8.42 Å². The maximum atomic E-state index is 13.2. The standard InChI is InChI=1S/C21H22N4O4S2/c26-31(27,14-4-5-16-17(12-14)29-11-10-28-16)25-8-6-24(7-9-25)20-19-15-2-1-3-18(15)30-21(19)23-13-22-20/h4-5,12-13H,1-3,6-11H2. The van der Waals surface area contributed by atoms with Gasteiger partial charge in [-0.25, -0.2) is 18.4 Å². The van der Waals surface area contributed by atoms with Gasteiger partial charge in [0.2, 0.25) is 10.0 Å². The van der Waals surface area contributed by atoms with Crippen LogP contribution < -0.4 is 14.4 Å². The molecule has 1 fully saturated rings. The van der Waals surface area contributed by atoms with Crippen molar-refractivity contribution in [2.24, 2.45) is 0 Å². The topological polar surface area (TPSA) is 84.9 Å². The number of nitrogens with zero attached hydrogens (tertiary/aromatic N) is 4. The van der Waals surface area contributed by atoms with Crippen LogP contribution in [-0.4, -0.2) is 62.1 Å². The van der Waals surface area contributed by atoms with E-state index in [-0.39, 0.29) is 4.90 Å². The number of rotatable bonds is 3. The van der Waals surface area contributed by atoms with E-state index in [1.807, 2.05) is 0 Å². The number of piperazine rings is 1. The van der Waals surface area contributed by atoms with Crippen molar-refractivity contribution in [3.8, 4) is 11.5 Å². The first-order valence-electron chi connectivity index (χ1n) is 10.5. The third-order valence-corrected chi connectivity index (χ3v) is 9.27. The Balaban J connectivity index is 1.24. The van der Waals surface area contributed by atoms with E-state index in [4.69, 9.17) is 9.47 Å². The largest absolute Gasteiger partial charge is 0.486 e. The molecular formula is C21H22N4O4S2. The first kappa shape index (κ1) is 19.3. The van der Waals surface area contributed by atoms with Crippen LogP contribution >= 0.6 is 11.3 Å². The molecule has 10 heteroatoms. The molecule has 0 unspecified atom stereocenters. The molecule has 6 rings (SSSR count). The van der Waals surface area contributed by atoms with Gasteiger partial charge in [0.25, 0.3) is 0 Å². The smallest absolute Gasteiger partial charge is 0.243 e. The maximum absolute atomic E-state index is 13.2. The van der Waals surface area contributed by atoms with Gasteiger partial charge in [-0.2, -0.15) is 4.31 Å². The number of anilines is 1. The lowest BCUT2D eigenvalue weighted by molar-refractivity contribution is 0.171. The maximum Gasteiger partial charge on any atom is 0.243 e. The fourth-order valence-electron chi connectivity index (χ4n) is 4.63. The second-order valence-corrected chi connectivity index (χ2v) is 11.0. The van der Waals surface area contributed by atoms with Gasteiger partial charge in [0.15, 0.2) is 11.5 Å². The average Bonchev–Trinajstić information content (AvgIpc) is 3.40. The molecule has 0 bridgehead atoms. The van der Waals surface area contributed by atoms with Crippen LogP contribution in [0.3, 0.4) is 0 Å². The predicted molar refractivity (Wildman–Crippen MR) is 118 cm³/mol. The molecule has 3 aliphatic rings. The third-order valence-electron chi connectivity index (χ3n) is 6.17. The van der Waals surface area contributed by atoms with E-state index in [0.29, 0.717) is 50.9 Å². The second kappa shape index (κ2) is 7.32. The highest BCUT2D eigenvalue weighted by Gasteiger charge is 2.31. The summed E-state index contributed by atoms with van der Waals surface area (Å²) in [6.45, 7) is 2.92. The molecule has 0 atom stereocenters. The van der Waals surface area contributed by atoms with Crippen LogP contribution in [0.25, 0.3) is 10.2 Å². The summed E-state index contributed by atoms with van der Waals surface area (Å²) in [6.07, 6.45) is 5.01. The quantitative estimate of drug-likeness (QED) is 0.596. The number of fused-ring (bicyclic) bond motifs is 4. The van der Waals surface area contributed by atoms with Crippen LogP contribution in [0.15, 0.2) is 29.4 Å². The number of ether oxygens (including phenoxy) is 2. The van der Waals surface area contributed by atoms with E-state index in [0.717, 1.165) is 23.5 Å². The van der Waals surface area contributed by atoms with E-state index in [1.54, 1.807) is 40.2 Å². The van der Waals surface area contributed by atoms with Gasteiger partial charge in [-0.05, 0) is 37.0 Å². The summed E-state index contributed by atoms with van der Waals surface area (Å²) in [5.41, 5.74) is 1.39. The first-order valence-corrected chi connectivity index (χ1v) is 12.8. The molecule has 162 valence electrons. The average molecular weight is 459 g/mol. The molecule has 8 nitrogen and oxygen atoms in total. The minimum Gasteiger partial charge on any atom is -0.486 e. The summed E-state index contributed by atoms with van der Waals surface area (Å²) in [7, 11) is -3.60. The Labute approximate surface area is 184 Å². The molecule has 1 aliphatic carbocycles. The molecule has 2 aliphatic heterocycles. The SMILES string of the molecule is O=S(=O)(c1ccc2c(c1)OCCO2)N1CCN(c2ncnc3sc4c(c23)CCC4)CC1. The summed E-state index contributed by atoms with van der Waals surface area (Å²) in [5, 5.41) is 1.17. The molecule has 31 heavy (non-hydrogen) atoms. The molecule has 0 radical (unpaired) electrons. The Bertz CT molecular complexity index is 1270. The zero-order valence-corrected chi connectivity index (χ0v) is 18.5. The molecule has 0 N–H and O–H groups in total. The normalized spacial score (nSPS) is 19.0. The lowest BCUT2D eigenvalue weighted by Gasteiger charge is -2.35. The number of aryl methyl sites for hydroxylation is 2. The lowest BCUT2D eigenvalue weighted by Crippen LogP contribution is -2.49. The van der Waals surface area contributed by atoms with Crippen LogP contribution in [0.4, 0.5) is 5.82 Å². The van der Waals surface area contributed by atoms with Gasteiger partial charge in [-0.15, -0.1) is 11.3 Å². The molecule has 4 heterocycles. The molecule has 1 saturated heterocycles. The van der Waals surface area contributed by atoms with Gasteiger partial charge >= 0.3 is 0 Å². The van der Waals surface area contributed by atoms with Gasteiger partial charge in [0.05, 0.1) is 10.3 Å². The number of thiophene rings is 1. The van der Waals surface area contributed by atoms with Crippen LogP contribution in [0.1, 0.15) is 16.9 Å². The number of sulfonamides is 1. The zero-order valence-electron chi connectivity index (χ0n) is 16.9. The zero-order chi connectivity index (χ0) is 21.0. The first-order chi connectivity index (χ1) is 15.1. The van der Waals surface area contributed by atoms with Crippen LogP contribution in [0, 0.1) is 0 Å². The Kier molecular flexibility index (Phi) is 4.55. The van der Waals surface area contributed by atoms with Crippen molar-refractivity contribution in [3.63, 3.8) is 0 Å². The molecule has 3 aromatic rings. The van der Waals surface area contributed by atoms with Crippen molar-refractivity contribution >= 4 is 37.4 Å². The summed E-state index contributed by atoms with van der Waals surface area (Å²) >= 11 is 1.77. The summed E-state index contributed by atoms with van der Waals surface area (Å²) in [6, 6.07) is 4.84. The third kappa shape index (κ3) is 3.16. The monoisotopic (exact) mass is 458 g/mol. The molecule has 1 aromatic carbocycles. The fourth-order valence-corrected chi connectivity index (χ4v) is 7.29. The molecular weight excluding hydrogens is 436 g/mol. The van der Waals surface area contributed by atoms with Crippen molar-refractivity contribution in [2.75, 3.05) is 44.3 Å². The molecule has 0 saturated carbocycles. The second-order valence-electron chi connectivity index (χ2n) is 7.93. The molecule has 0 amide bonds. The fraction of sp³-hybridized carbons (Fsp3) is 0.429. The highest BCUT2D eigenvalue weighted by molar-refractivity contribution is 7.89. The van der Waals surface area contributed by atoms with E-state index < -0.39 is 10.0 Å². The molecule has 2 aromatic heterocycles. The highest BCUT2D eigenvalue weighted by atomic mass is 32.2. The Morgan fingerprint density at radius 2 is 1.77 bits per heavy atom. The number of hydrogen-bond acceptors (Lipinski definition) is 8. The van der Waals surface area contributed by atoms with E-state index >= 15 is 0 Å². The van der Waals surface area contributed by atoms with Crippen molar-refractivity contribution < 1.29 is 17.9 Å².